The topological polar surface area (TPSA) is 19.9 Å². The molecule has 0 heterocycles. The van der Waals surface area contributed by atoms with Crippen LogP contribution < -0.4 is 0 Å². The molecule has 1 nitrogen and oxygen atoms in total. The van der Waals surface area contributed by atoms with E-state index in [-0.39, 0.29) is 6.61 Å². The maximum atomic E-state index is 9.93. The maximum absolute atomic E-state index is 9.93. The minimum atomic E-state index is 0.134. The zero-order valence-electron chi connectivity index (χ0n) is 4.68. The second-order valence-electron chi connectivity index (χ2n) is 2.47. The molecule has 0 spiro atoms. The Morgan fingerprint density at radius 2 is 2.29 bits per heavy atom. The lowest BCUT2D eigenvalue weighted by atomic mass is 10.3. The van der Waals surface area contributed by atoms with Gasteiger partial charge in [0.1, 0.15) is 0 Å². The first kappa shape index (κ1) is 5.10. The summed E-state index contributed by atoms with van der Waals surface area (Å²) in [5.41, 5.74) is 0. The van der Waals surface area contributed by atoms with Crippen LogP contribution in [-0.4, -0.2) is 6.61 Å². The van der Waals surface area contributed by atoms with Gasteiger partial charge in [-0.3, -0.25) is 0 Å². The maximum Gasteiger partial charge on any atom is 0.0825 e. The Morgan fingerprint density at radius 1 is 1.71 bits per heavy atom. The quantitative estimate of drug-likeness (QED) is 0.499. The van der Waals surface area contributed by atoms with Crippen molar-refractivity contribution in [2.75, 3.05) is 6.61 Å². The average molecular weight is 99.2 g/mol. The van der Waals surface area contributed by atoms with Crippen LogP contribution in [0.25, 0.3) is 0 Å². The fourth-order valence-corrected chi connectivity index (χ4v) is 0.953. The van der Waals surface area contributed by atoms with Gasteiger partial charge in [0.25, 0.3) is 0 Å². The standard InChI is InChI=1S/C6H11O/c1-5-4-6(5)2-3-7/h5-6H,2-4H2,1H3. The second-order valence-corrected chi connectivity index (χ2v) is 2.47. The van der Waals surface area contributed by atoms with Gasteiger partial charge in [-0.15, -0.1) is 0 Å². The molecule has 0 saturated heterocycles. The third kappa shape index (κ3) is 1.16. The van der Waals surface area contributed by atoms with Gasteiger partial charge in [-0.25, -0.2) is 5.11 Å². The second kappa shape index (κ2) is 1.83. The molecule has 1 aliphatic rings. The minimum Gasteiger partial charge on any atom is -0.237 e. The summed E-state index contributed by atoms with van der Waals surface area (Å²) >= 11 is 0. The van der Waals surface area contributed by atoms with Crippen molar-refractivity contribution < 1.29 is 5.11 Å². The molecule has 41 valence electrons. The number of hydrogen-bond donors (Lipinski definition) is 0. The van der Waals surface area contributed by atoms with Gasteiger partial charge in [0.2, 0.25) is 0 Å². The van der Waals surface area contributed by atoms with Gasteiger partial charge >= 0.3 is 0 Å². The molecule has 1 radical (unpaired) electrons. The Bertz CT molecular complexity index is 61.2. The van der Waals surface area contributed by atoms with Crippen molar-refractivity contribution in [1.82, 2.24) is 0 Å². The highest BCUT2D eigenvalue weighted by molar-refractivity contribution is 4.81. The van der Waals surface area contributed by atoms with Crippen molar-refractivity contribution in [3.63, 3.8) is 0 Å². The Kier molecular flexibility index (Phi) is 1.33. The van der Waals surface area contributed by atoms with E-state index in [4.69, 9.17) is 0 Å². The zero-order chi connectivity index (χ0) is 5.28. The average Bonchev–Trinajstić information content (AvgIpc) is 2.22. The van der Waals surface area contributed by atoms with Gasteiger partial charge in [0.15, 0.2) is 0 Å². The Hall–Kier alpha value is -0.0400. The fourth-order valence-electron chi connectivity index (χ4n) is 0.953. The van der Waals surface area contributed by atoms with Crippen LogP contribution in [-0.2, 0) is 5.11 Å². The van der Waals surface area contributed by atoms with Crippen LogP contribution in [0.1, 0.15) is 19.8 Å². The zero-order valence-corrected chi connectivity index (χ0v) is 4.68. The summed E-state index contributed by atoms with van der Waals surface area (Å²) in [5, 5.41) is 9.93. The monoisotopic (exact) mass is 99.1 g/mol. The van der Waals surface area contributed by atoms with Crippen molar-refractivity contribution >= 4 is 0 Å². The molecule has 0 aromatic rings. The highest BCUT2D eigenvalue weighted by Gasteiger charge is 2.31. The normalized spacial score (nSPS) is 38.6. The van der Waals surface area contributed by atoms with Crippen LogP contribution in [0.2, 0.25) is 0 Å². The predicted octanol–water partition coefficient (Wildman–Crippen LogP) is 1.46. The molecule has 2 unspecified atom stereocenters. The Morgan fingerprint density at radius 3 is 2.43 bits per heavy atom. The molecule has 1 saturated carbocycles. The summed E-state index contributed by atoms with van der Waals surface area (Å²) in [6.45, 7) is 2.34. The number of rotatable bonds is 2. The van der Waals surface area contributed by atoms with Crippen LogP contribution in [0.5, 0.6) is 0 Å². The van der Waals surface area contributed by atoms with E-state index in [0.29, 0.717) is 0 Å². The molecule has 0 N–H and O–H groups in total. The molecular weight excluding hydrogens is 88.1 g/mol. The van der Waals surface area contributed by atoms with Crippen molar-refractivity contribution in [2.24, 2.45) is 11.8 Å². The Labute approximate surface area is 44.4 Å². The van der Waals surface area contributed by atoms with Crippen LogP contribution in [0.4, 0.5) is 0 Å². The van der Waals surface area contributed by atoms with E-state index in [1.165, 1.54) is 6.42 Å². The van der Waals surface area contributed by atoms with E-state index < -0.39 is 0 Å². The minimum absolute atomic E-state index is 0.134. The van der Waals surface area contributed by atoms with Crippen molar-refractivity contribution in [3.05, 3.63) is 0 Å². The molecular formula is C6H11O. The highest BCUT2D eigenvalue weighted by Crippen LogP contribution is 2.39. The molecule has 0 amide bonds. The summed E-state index contributed by atoms with van der Waals surface area (Å²) in [4.78, 5) is 0. The van der Waals surface area contributed by atoms with Crippen molar-refractivity contribution in [1.29, 1.82) is 0 Å². The molecule has 2 atom stereocenters. The largest absolute Gasteiger partial charge is 0.237 e. The smallest absolute Gasteiger partial charge is 0.0825 e. The van der Waals surface area contributed by atoms with Gasteiger partial charge in [0, 0.05) is 0 Å². The van der Waals surface area contributed by atoms with Crippen LogP contribution in [0.15, 0.2) is 0 Å². The third-order valence-corrected chi connectivity index (χ3v) is 1.76. The molecule has 0 aromatic carbocycles. The SMILES string of the molecule is CC1CC1CC[O]. The summed E-state index contributed by atoms with van der Waals surface area (Å²) in [7, 11) is 0. The van der Waals surface area contributed by atoms with Gasteiger partial charge in [-0.05, 0) is 24.7 Å². The van der Waals surface area contributed by atoms with E-state index in [9.17, 15) is 5.11 Å². The summed E-state index contributed by atoms with van der Waals surface area (Å²) < 4.78 is 0. The molecule has 0 bridgehead atoms. The lowest BCUT2D eigenvalue weighted by Gasteiger charge is -1.84. The van der Waals surface area contributed by atoms with E-state index in [1.54, 1.807) is 0 Å². The summed E-state index contributed by atoms with van der Waals surface area (Å²) in [6.07, 6.45) is 2.23. The predicted molar refractivity (Wildman–Crippen MR) is 27.4 cm³/mol. The molecule has 1 rings (SSSR count). The van der Waals surface area contributed by atoms with Crippen LogP contribution in [0.3, 0.4) is 0 Å². The first-order valence-electron chi connectivity index (χ1n) is 2.92. The van der Waals surface area contributed by atoms with Crippen LogP contribution in [0, 0.1) is 11.8 Å². The molecule has 7 heavy (non-hydrogen) atoms. The summed E-state index contributed by atoms with van der Waals surface area (Å²) in [6, 6.07) is 0. The van der Waals surface area contributed by atoms with Crippen molar-refractivity contribution in [2.45, 2.75) is 19.8 Å². The molecule has 0 aliphatic heterocycles. The van der Waals surface area contributed by atoms with Gasteiger partial charge in [-0.1, -0.05) is 6.92 Å². The number of hydrogen-bond acceptors (Lipinski definition) is 0. The molecule has 1 aliphatic carbocycles. The molecule has 0 aromatic heterocycles. The van der Waals surface area contributed by atoms with E-state index in [1.807, 2.05) is 0 Å². The van der Waals surface area contributed by atoms with Crippen molar-refractivity contribution in [3.8, 4) is 0 Å². The molecule has 1 heteroatoms. The third-order valence-electron chi connectivity index (χ3n) is 1.76. The van der Waals surface area contributed by atoms with Gasteiger partial charge < -0.3 is 0 Å². The lowest BCUT2D eigenvalue weighted by molar-refractivity contribution is 0.182. The fraction of sp³-hybridized carbons (Fsp3) is 1.00. The van der Waals surface area contributed by atoms with E-state index in [2.05, 4.69) is 6.92 Å². The summed E-state index contributed by atoms with van der Waals surface area (Å²) in [5.74, 6) is 1.67. The van der Waals surface area contributed by atoms with Gasteiger partial charge in [0.05, 0.1) is 6.61 Å². The van der Waals surface area contributed by atoms with Crippen LogP contribution >= 0.6 is 0 Å². The molecule has 1 fully saturated rings. The highest BCUT2D eigenvalue weighted by atomic mass is 16.3. The van der Waals surface area contributed by atoms with E-state index in [0.717, 1.165) is 18.3 Å². The van der Waals surface area contributed by atoms with Gasteiger partial charge in [-0.2, -0.15) is 0 Å². The Balaban J connectivity index is 1.98. The van der Waals surface area contributed by atoms with E-state index >= 15 is 0 Å². The first-order chi connectivity index (χ1) is 3.34. The lowest BCUT2D eigenvalue weighted by Crippen LogP contribution is -1.82. The first-order valence-corrected chi connectivity index (χ1v) is 2.92.